The van der Waals surface area contributed by atoms with Crippen LogP contribution < -0.4 is 0 Å². The molecule has 0 amide bonds. The number of rotatable bonds is 6. The summed E-state index contributed by atoms with van der Waals surface area (Å²) in [7, 11) is -0.158. The Labute approximate surface area is 114 Å². The van der Waals surface area contributed by atoms with Crippen molar-refractivity contribution in [2.24, 2.45) is 0 Å². The van der Waals surface area contributed by atoms with Crippen molar-refractivity contribution >= 4 is 31.8 Å². The fraction of sp³-hybridized carbons (Fsp3) is 0.364. The molecule has 0 saturated carbocycles. The van der Waals surface area contributed by atoms with E-state index in [1.54, 1.807) is 12.1 Å². The van der Waals surface area contributed by atoms with Gasteiger partial charge in [0.05, 0.1) is 5.56 Å². The molecule has 0 heterocycles. The number of hydrogen-bond acceptors (Lipinski definition) is 4. The van der Waals surface area contributed by atoms with Crippen molar-refractivity contribution in [1.29, 1.82) is 0 Å². The van der Waals surface area contributed by atoms with Crippen LogP contribution in [0.3, 0.4) is 0 Å². The molecular formula is C11H16B2O5S. The average Bonchev–Trinajstić information content (AvgIpc) is 2.35. The highest BCUT2D eigenvalue weighted by Crippen LogP contribution is 2.16. The van der Waals surface area contributed by atoms with E-state index in [9.17, 15) is 13.2 Å². The van der Waals surface area contributed by atoms with E-state index < -0.39 is 21.8 Å². The number of benzene rings is 1. The highest BCUT2D eigenvalue weighted by Gasteiger charge is 2.15. The Morgan fingerprint density at radius 3 is 2.47 bits per heavy atom. The molecule has 0 fully saturated rings. The molecule has 0 aromatic heterocycles. The van der Waals surface area contributed by atoms with Crippen LogP contribution in [0.1, 0.15) is 21.5 Å². The summed E-state index contributed by atoms with van der Waals surface area (Å²) in [6.07, 6.45) is 1.52. The molecule has 0 saturated heterocycles. The second-order valence-corrected chi connectivity index (χ2v) is 5.64. The summed E-state index contributed by atoms with van der Waals surface area (Å²) in [6.45, 7) is -0.350. The quantitative estimate of drug-likeness (QED) is 0.411. The minimum atomic E-state index is -4.11. The van der Waals surface area contributed by atoms with Crippen LogP contribution in [0.5, 0.6) is 0 Å². The lowest BCUT2D eigenvalue weighted by Gasteiger charge is -2.11. The van der Waals surface area contributed by atoms with Crippen LogP contribution in [0.25, 0.3) is 0 Å². The Kier molecular flexibility index (Phi) is 5.62. The Balaban J connectivity index is 2.82. The van der Waals surface area contributed by atoms with Gasteiger partial charge >= 0.3 is 5.97 Å². The van der Waals surface area contributed by atoms with Gasteiger partial charge in [-0.25, -0.2) is 4.79 Å². The average molecular weight is 282 g/mol. The number of carbonyl (C=O) groups is 1. The van der Waals surface area contributed by atoms with Gasteiger partial charge in [0, 0.05) is 0 Å². The monoisotopic (exact) mass is 282 g/mol. The normalized spacial score (nSPS) is 11.2. The Hall–Kier alpha value is -1.27. The van der Waals surface area contributed by atoms with Gasteiger partial charge in [0.1, 0.15) is 28.1 Å². The lowest BCUT2D eigenvalue weighted by Crippen LogP contribution is -2.16. The third kappa shape index (κ3) is 4.72. The van der Waals surface area contributed by atoms with Gasteiger partial charge in [0.25, 0.3) is 10.1 Å². The van der Waals surface area contributed by atoms with Gasteiger partial charge in [0.2, 0.25) is 0 Å². The first kappa shape index (κ1) is 15.8. The molecule has 0 bridgehead atoms. The van der Waals surface area contributed by atoms with Crippen molar-refractivity contribution in [3.8, 4) is 0 Å². The van der Waals surface area contributed by atoms with E-state index in [1.165, 1.54) is 0 Å². The highest BCUT2D eigenvalue weighted by atomic mass is 32.2. The van der Waals surface area contributed by atoms with Gasteiger partial charge in [-0.1, -0.05) is 30.3 Å². The SMILES string of the molecule is BCc1cccc(C(=O)OCCS(=O)(=O)O)c1CB. The van der Waals surface area contributed by atoms with E-state index in [0.717, 1.165) is 17.4 Å². The molecule has 8 heteroatoms. The van der Waals surface area contributed by atoms with Gasteiger partial charge in [-0.2, -0.15) is 8.42 Å². The van der Waals surface area contributed by atoms with Crippen molar-refractivity contribution in [2.45, 2.75) is 12.6 Å². The van der Waals surface area contributed by atoms with Gasteiger partial charge in [-0.3, -0.25) is 4.55 Å². The van der Waals surface area contributed by atoms with Crippen LogP contribution in [-0.4, -0.2) is 47.0 Å². The largest absolute Gasteiger partial charge is 0.461 e. The molecule has 1 aromatic carbocycles. The third-order valence-corrected chi connectivity index (χ3v) is 3.48. The van der Waals surface area contributed by atoms with E-state index in [2.05, 4.69) is 0 Å². The summed E-state index contributed by atoms with van der Waals surface area (Å²) in [5.74, 6) is -1.15. The molecule has 0 unspecified atom stereocenters. The minimum Gasteiger partial charge on any atom is -0.461 e. The summed E-state index contributed by atoms with van der Waals surface area (Å²) in [4.78, 5) is 11.9. The molecule has 0 spiro atoms. The smallest absolute Gasteiger partial charge is 0.338 e. The molecule has 1 aromatic rings. The molecule has 1 N–H and O–H groups in total. The van der Waals surface area contributed by atoms with E-state index in [0.29, 0.717) is 11.9 Å². The summed E-state index contributed by atoms with van der Waals surface area (Å²) < 4.78 is 34.5. The molecule has 0 aliphatic carbocycles. The van der Waals surface area contributed by atoms with Gasteiger partial charge in [-0.05, 0) is 11.6 Å². The van der Waals surface area contributed by atoms with Gasteiger partial charge < -0.3 is 4.74 Å². The molecular weight excluding hydrogens is 266 g/mol. The first-order chi connectivity index (χ1) is 8.89. The Bertz CT molecular complexity index is 556. The predicted molar refractivity (Wildman–Crippen MR) is 77.6 cm³/mol. The topological polar surface area (TPSA) is 80.7 Å². The molecule has 0 radical (unpaired) electrons. The molecule has 0 aliphatic heterocycles. The van der Waals surface area contributed by atoms with Crippen LogP contribution in [0, 0.1) is 0 Å². The van der Waals surface area contributed by atoms with Gasteiger partial charge in [0.15, 0.2) is 0 Å². The standard InChI is InChI=1S/C11H16B2O5S/c12-6-8-2-1-3-9(10(8)7-13)11(14)18-4-5-19(15,16)17/h1-3H,4-7,12-13H2,(H,15,16,17). The zero-order valence-corrected chi connectivity index (χ0v) is 11.9. The first-order valence-electron chi connectivity index (χ1n) is 6.12. The predicted octanol–water partition coefficient (Wildman–Crippen LogP) is -1.00. The van der Waals surface area contributed by atoms with Crippen LogP contribution in [0.2, 0.25) is 0 Å². The van der Waals surface area contributed by atoms with Crippen LogP contribution in [0.4, 0.5) is 0 Å². The third-order valence-electron chi connectivity index (χ3n) is 2.80. The van der Waals surface area contributed by atoms with Crippen molar-refractivity contribution in [2.75, 3.05) is 12.4 Å². The Morgan fingerprint density at radius 1 is 1.26 bits per heavy atom. The number of esters is 1. The van der Waals surface area contributed by atoms with E-state index in [4.69, 9.17) is 9.29 Å². The first-order valence-corrected chi connectivity index (χ1v) is 7.73. The number of hydrogen-bond donors (Lipinski definition) is 1. The second-order valence-electron chi connectivity index (χ2n) is 4.07. The molecule has 0 atom stereocenters. The summed E-state index contributed by atoms with van der Waals surface area (Å²) in [5.41, 5.74) is 2.45. The van der Waals surface area contributed by atoms with Crippen molar-refractivity contribution in [1.82, 2.24) is 0 Å². The zero-order valence-electron chi connectivity index (χ0n) is 11.0. The van der Waals surface area contributed by atoms with E-state index in [1.807, 2.05) is 21.8 Å². The van der Waals surface area contributed by atoms with E-state index in [-0.39, 0.29) is 6.61 Å². The molecule has 0 aliphatic rings. The maximum absolute atomic E-state index is 11.9. The molecule has 5 nitrogen and oxygen atoms in total. The van der Waals surface area contributed by atoms with Crippen LogP contribution in [-0.2, 0) is 27.5 Å². The van der Waals surface area contributed by atoms with Crippen molar-refractivity contribution in [3.63, 3.8) is 0 Å². The minimum absolute atomic E-state index is 0.350. The summed E-state index contributed by atoms with van der Waals surface area (Å²) in [5, 5.41) is 0. The maximum atomic E-state index is 11.9. The number of ether oxygens (including phenoxy) is 1. The molecule has 19 heavy (non-hydrogen) atoms. The zero-order chi connectivity index (χ0) is 14.5. The lowest BCUT2D eigenvalue weighted by molar-refractivity contribution is 0.0527. The van der Waals surface area contributed by atoms with Gasteiger partial charge in [-0.15, -0.1) is 0 Å². The van der Waals surface area contributed by atoms with Crippen molar-refractivity contribution < 1.29 is 22.5 Å². The maximum Gasteiger partial charge on any atom is 0.338 e. The fourth-order valence-corrected chi connectivity index (χ4v) is 2.19. The van der Waals surface area contributed by atoms with Crippen LogP contribution >= 0.6 is 0 Å². The van der Waals surface area contributed by atoms with Crippen LogP contribution in [0.15, 0.2) is 18.2 Å². The number of carbonyl (C=O) groups excluding carboxylic acids is 1. The molecule has 1 rings (SSSR count). The summed E-state index contributed by atoms with van der Waals surface area (Å²) >= 11 is 0. The Morgan fingerprint density at radius 2 is 1.95 bits per heavy atom. The lowest BCUT2D eigenvalue weighted by atomic mass is 9.84. The van der Waals surface area contributed by atoms with Crippen molar-refractivity contribution in [3.05, 3.63) is 34.9 Å². The van der Waals surface area contributed by atoms with E-state index >= 15 is 0 Å². The second kappa shape index (κ2) is 6.77. The molecule has 102 valence electrons. The fourth-order valence-electron chi connectivity index (χ4n) is 1.89. The highest BCUT2D eigenvalue weighted by molar-refractivity contribution is 7.85. The summed E-state index contributed by atoms with van der Waals surface area (Å²) in [6, 6.07) is 5.39.